The van der Waals surface area contributed by atoms with Crippen LogP contribution in [0.25, 0.3) is 0 Å². The number of amides is 2. The maximum absolute atomic E-state index is 11.6. The van der Waals surface area contributed by atoms with E-state index >= 15 is 0 Å². The van der Waals surface area contributed by atoms with Gasteiger partial charge in [-0.15, -0.1) is 0 Å². The highest BCUT2D eigenvalue weighted by Crippen LogP contribution is 1.99. The zero-order valence-electron chi connectivity index (χ0n) is 11.4. The number of carboxylic acid groups (broad SMARTS) is 1. The molecular formula is C10H17N3O8S. The average molecular weight is 339 g/mol. The average Bonchev–Trinajstić information content (AvgIpc) is 2.47. The molecule has 22 heavy (non-hydrogen) atoms. The molecule has 0 bridgehead atoms. The van der Waals surface area contributed by atoms with Crippen molar-refractivity contribution in [1.82, 2.24) is 10.6 Å². The van der Waals surface area contributed by atoms with Gasteiger partial charge in [0.05, 0.1) is 0 Å². The summed E-state index contributed by atoms with van der Waals surface area (Å²) in [7, 11) is 0. The number of carbonyl (C=O) groups is 4. The Bertz CT molecular complexity index is 419. The number of hydrogen-bond acceptors (Lipinski definition) is 9. The fourth-order valence-corrected chi connectivity index (χ4v) is 1.51. The molecule has 0 aliphatic rings. The third-order valence-electron chi connectivity index (χ3n) is 2.35. The monoisotopic (exact) mass is 339 g/mol. The van der Waals surface area contributed by atoms with Gasteiger partial charge in [0, 0.05) is 12.2 Å². The Morgan fingerprint density at radius 1 is 1.27 bits per heavy atom. The fraction of sp³-hybridized carbons (Fsp3) is 0.600. The van der Waals surface area contributed by atoms with Crippen LogP contribution in [0.5, 0.6) is 0 Å². The summed E-state index contributed by atoms with van der Waals surface area (Å²) in [6.07, 6.45) is -0.331. The summed E-state index contributed by atoms with van der Waals surface area (Å²) in [5, 5.41) is 23.9. The Balaban J connectivity index is 4.23. The van der Waals surface area contributed by atoms with E-state index in [1.165, 1.54) is 0 Å². The van der Waals surface area contributed by atoms with Crippen LogP contribution in [0.15, 0.2) is 0 Å². The smallest absolute Gasteiger partial charge is 0.362 e. The highest BCUT2D eigenvalue weighted by molar-refractivity contribution is 7.80. The summed E-state index contributed by atoms with van der Waals surface area (Å²) < 4.78 is 0. The fourth-order valence-electron chi connectivity index (χ4n) is 1.25. The molecule has 12 heteroatoms. The Hall–Kier alpha value is -1.89. The van der Waals surface area contributed by atoms with Gasteiger partial charge in [-0.2, -0.15) is 12.6 Å². The minimum atomic E-state index is -1.23. The first-order chi connectivity index (χ1) is 10.3. The molecule has 2 unspecified atom stereocenters. The predicted octanol–water partition coefficient (Wildman–Crippen LogP) is -2.34. The molecule has 0 fully saturated rings. The van der Waals surface area contributed by atoms with Crippen LogP contribution in [0.3, 0.4) is 0 Å². The summed E-state index contributed by atoms with van der Waals surface area (Å²) in [6.45, 7) is -0.586. The van der Waals surface area contributed by atoms with Gasteiger partial charge in [-0.25, -0.2) is 10.1 Å². The van der Waals surface area contributed by atoms with Crippen LogP contribution >= 0.6 is 12.6 Å². The highest BCUT2D eigenvalue weighted by Gasteiger charge is 2.22. The second kappa shape index (κ2) is 10.8. The van der Waals surface area contributed by atoms with Gasteiger partial charge in [0.15, 0.2) is 0 Å². The van der Waals surface area contributed by atoms with Crippen molar-refractivity contribution in [2.45, 2.75) is 24.9 Å². The van der Waals surface area contributed by atoms with Gasteiger partial charge < -0.3 is 21.5 Å². The first-order valence-corrected chi connectivity index (χ1v) is 6.62. The zero-order chi connectivity index (χ0) is 17.1. The maximum atomic E-state index is 11.6. The van der Waals surface area contributed by atoms with Crippen molar-refractivity contribution in [2.24, 2.45) is 5.73 Å². The third kappa shape index (κ3) is 8.41. The molecule has 2 atom stereocenters. The van der Waals surface area contributed by atoms with Crippen molar-refractivity contribution in [3.63, 3.8) is 0 Å². The van der Waals surface area contributed by atoms with Gasteiger partial charge in [0.2, 0.25) is 11.8 Å². The second-order valence-electron chi connectivity index (χ2n) is 4.04. The predicted molar refractivity (Wildman–Crippen MR) is 73.4 cm³/mol. The van der Waals surface area contributed by atoms with Gasteiger partial charge in [-0.3, -0.25) is 19.3 Å². The minimum absolute atomic E-state index is 0.0519. The van der Waals surface area contributed by atoms with Gasteiger partial charge in [-0.05, 0) is 11.5 Å². The van der Waals surface area contributed by atoms with Crippen LogP contribution in [0.2, 0.25) is 0 Å². The van der Waals surface area contributed by atoms with Gasteiger partial charge >= 0.3 is 11.9 Å². The van der Waals surface area contributed by atoms with E-state index < -0.39 is 42.4 Å². The number of thiol groups is 1. The molecule has 0 aromatic carbocycles. The molecule has 6 N–H and O–H groups in total. The van der Waals surface area contributed by atoms with Crippen molar-refractivity contribution >= 4 is 36.4 Å². The number of nitrogens with two attached hydrogens (primary N) is 1. The Morgan fingerprint density at radius 2 is 1.91 bits per heavy atom. The Labute approximate surface area is 130 Å². The van der Waals surface area contributed by atoms with E-state index in [0.29, 0.717) is 0 Å². The number of hydrogen-bond donors (Lipinski definition) is 6. The van der Waals surface area contributed by atoms with Crippen LogP contribution in [-0.2, 0) is 29.1 Å². The van der Waals surface area contributed by atoms with E-state index in [0.717, 1.165) is 0 Å². The molecular weight excluding hydrogens is 322 g/mol. The van der Waals surface area contributed by atoms with Crippen molar-refractivity contribution in [2.75, 3.05) is 12.3 Å². The molecule has 126 valence electrons. The Kier molecular flexibility index (Phi) is 9.86. The summed E-state index contributed by atoms with van der Waals surface area (Å²) in [4.78, 5) is 48.3. The number of nitrogens with one attached hydrogen (secondary N) is 2. The topological polar surface area (TPSA) is 177 Å². The van der Waals surface area contributed by atoms with Crippen LogP contribution in [0.1, 0.15) is 12.8 Å². The van der Waals surface area contributed by atoms with Crippen molar-refractivity contribution in [3.05, 3.63) is 0 Å². The lowest BCUT2D eigenvalue weighted by Gasteiger charge is -2.16. The molecule has 0 aliphatic carbocycles. The number of aliphatic carboxylic acids is 1. The van der Waals surface area contributed by atoms with Crippen LogP contribution in [0.4, 0.5) is 0 Å². The summed E-state index contributed by atoms with van der Waals surface area (Å²) in [6, 6.07) is -2.23. The number of carboxylic acids is 1. The number of rotatable bonds is 10. The first-order valence-electron chi connectivity index (χ1n) is 5.99. The lowest BCUT2D eigenvalue weighted by Crippen LogP contribution is -2.49. The molecule has 2 amide bonds. The second-order valence-corrected chi connectivity index (χ2v) is 4.40. The molecule has 0 rings (SSSR count). The SMILES string of the molecule is NC(CCC(=O)NC(CS)C(=O)NCC(=O)O)C(=O)OOO. The normalized spacial score (nSPS) is 12.9. The summed E-state index contributed by atoms with van der Waals surface area (Å²) in [5.41, 5.74) is 5.35. The first kappa shape index (κ1) is 20.1. The lowest BCUT2D eigenvalue weighted by atomic mass is 10.1. The van der Waals surface area contributed by atoms with E-state index in [-0.39, 0.29) is 18.6 Å². The Morgan fingerprint density at radius 3 is 2.41 bits per heavy atom. The molecule has 11 nitrogen and oxygen atoms in total. The van der Waals surface area contributed by atoms with Crippen molar-refractivity contribution in [3.8, 4) is 0 Å². The van der Waals surface area contributed by atoms with E-state index in [2.05, 4.69) is 33.2 Å². The lowest BCUT2D eigenvalue weighted by molar-refractivity contribution is -0.462. The summed E-state index contributed by atoms with van der Waals surface area (Å²) >= 11 is 3.88. The van der Waals surface area contributed by atoms with Gasteiger partial charge in [0.25, 0.3) is 0 Å². The molecule has 0 aliphatic heterocycles. The van der Waals surface area contributed by atoms with E-state index in [4.69, 9.17) is 16.1 Å². The molecule has 0 radical (unpaired) electrons. The number of carbonyl (C=O) groups excluding carboxylic acids is 3. The van der Waals surface area contributed by atoms with E-state index in [9.17, 15) is 19.2 Å². The zero-order valence-corrected chi connectivity index (χ0v) is 12.2. The van der Waals surface area contributed by atoms with E-state index in [1.807, 2.05) is 0 Å². The van der Waals surface area contributed by atoms with Crippen molar-refractivity contribution in [1.29, 1.82) is 0 Å². The molecule has 0 spiro atoms. The van der Waals surface area contributed by atoms with Gasteiger partial charge in [0.1, 0.15) is 18.6 Å². The molecule has 0 saturated heterocycles. The highest BCUT2D eigenvalue weighted by atomic mass is 32.1. The summed E-state index contributed by atoms with van der Waals surface area (Å²) in [5.74, 6) is -3.65. The van der Waals surface area contributed by atoms with E-state index in [1.54, 1.807) is 0 Å². The van der Waals surface area contributed by atoms with Gasteiger partial charge in [-0.1, -0.05) is 0 Å². The molecule has 0 aromatic heterocycles. The van der Waals surface area contributed by atoms with Crippen molar-refractivity contribution < 1.29 is 39.5 Å². The largest absolute Gasteiger partial charge is 0.480 e. The minimum Gasteiger partial charge on any atom is -0.480 e. The van der Waals surface area contributed by atoms with Crippen LogP contribution in [0, 0.1) is 0 Å². The molecule has 0 heterocycles. The van der Waals surface area contributed by atoms with Crippen LogP contribution < -0.4 is 16.4 Å². The standard InChI is InChI=1S/C10H17N3O8S/c11-5(10(18)20-21-19)1-2-7(14)13-6(4-22)9(17)12-3-8(15)16/h5-6,19,22H,1-4,11H2,(H,12,17)(H,13,14)(H,15,16). The quantitative estimate of drug-likeness (QED) is 0.144. The molecule has 0 saturated carbocycles. The maximum Gasteiger partial charge on any atom is 0.362 e. The van der Waals surface area contributed by atoms with Crippen LogP contribution in [-0.4, -0.2) is 58.5 Å². The third-order valence-corrected chi connectivity index (χ3v) is 2.72. The molecule has 0 aromatic rings.